The maximum Gasteiger partial charge on any atom is 0.263 e. The van der Waals surface area contributed by atoms with Crippen molar-refractivity contribution in [2.24, 2.45) is 5.73 Å². The monoisotopic (exact) mass is 293 g/mol. The third-order valence-electron chi connectivity index (χ3n) is 3.00. The Bertz CT molecular complexity index is 695. The Morgan fingerprint density at radius 1 is 1.30 bits per heavy atom. The first-order chi connectivity index (χ1) is 9.41. The van der Waals surface area contributed by atoms with Crippen LogP contribution in [0.2, 0.25) is 0 Å². The van der Waals surface area contributed by atoms with Gasteiger partial charge in [-0.05, 0) is 19.4 Å². The number of hydrogen-bond donors (Lipinski definition) is 3. The van der Waals surface area contributed by atoms with E-state index >= 15 is 0 Å². The second-order valence-corrected chi connectivity index (χ2v) is 5.41. The lowest BCUT2D eigenvalue weighted by atomic mass is 10.1. The van der Waals surface area contributed by atoms with Gasteiger partial charge in [-0.2, -0.15) is 5.10 Å². The lowest BCUT2D eigenvalue weighted by Gasteiger charge is -2.03. The van der Waals surface area contributed by atoms with Crippen LogP contribution in [0.1, 0.15) is 27.3 Å². The molecule has 2 aromatic heterocycles. The van der Waals surface area contributed by atoms with Crippen LogP contribution in [0.3, 0.4) is 0 Å². The van der Waals surface area contributed by atoms with Crippen LogP contribution in [0.25, 0.3) is 10.2 Å². The molecular weight excluding hydrogens is 278 g/mol. The van der Waals surface area contributed by atoms with E-state index in [0.29, 0.717) is 15.4 Å². The van der Waals surface area contributed by atoms with Crippen molar-refractivity contribution in [3.05, 3.63) is 16.1 Å². The summed E-state index contributed by atoms with van der Waals surface area (Å²) in [4.78, 5) is 23.7. The van der Waals surface area contributed by atoms with Gasteiger partial charge < -0.3 is 16.8 Å². The van der Waals surface area contributed by atoms with Gasteiger partial charge in [0.25, 0.3) is 5.91 Å². The number of aromatic nitrogens is 2. The van der Waals surface area contributed by atoms with Crippen LogP contribution in [-0.4, -0.2) is 28.6 Å². The van der Waals surface area contributed by atoms with Gasteiger partial charge in [0.05, 0.1) is 11.4 Å². The molecule has 0 aliphatic heterocycles. The molecule has 0 aliphatic carbocycles. The van der Waals surface area contributed by atoms with Crippen molar-refractivity contribution in [3.8, 4) is 0 Å². The average molecular weight is 293 g/mol. The van der Waals surface area contributed by atoms with Gasteiger partial charge in [-0.1, -0.05) is 0 Å². The maximum absolute atomic E-state index is 12.0. The Morgan fingerprint density at radius 3 is 2.65 bits per heavy atom. The van der Waals surface area contributed by atoms with E-state index < -0.39 is 5.91 Å². The Kier molecular flexibility index (Phi) is 3.84. The third-order valence-corrected chi connectivity index (χ3v) is 4.09. The van der Waals surface area contributed by atoms with Crippen LogP contribution in [0, 0.1) is 13.8 Å². The summed E-state index contributed by atoms with van der Waals surface area (Å²) in [6.07, 6.45) is 0.0917. The molecule has 0 aromatic carbocycles. The van der Waals surface area contributed by atoms with Crippen LogP contribution in [0.15, 0.2) is 0 Å². The highest BCUT2D eigenvalue weighted by Gasteiger charge is 2.19. The lowest BCUT2D eigenvalue weighted by molar-refractivity contribution is -0.117. The number of aryl methyl sites for hydroxylation is 2. The first-order valence-electron chi connectivity index (χ1n) is 6.00. The number of carbonyl (C=O) groups excluding carboxylic acids is 2. The summed E-state index contributed by atoms with van der Waals surface area (Å²) in [7, 11) is 0. The minimum atomic E-state index is -0.466. The smallest absolute Gasteiger partial charge is 0.263 e. The molecular formula is C12H15N5O2S. The van der Waals surface area contributed by atoms with Gasteiger partial charge in [0.2, 0.25) is 5.91 Å². The van der Waals surface area contributed by atoms with Crippen molar-refractivity contribution in [3.63, 3.8) is 0 Å². The fourth-order valence-corrected chi connectivity index (χ4v) is 2.81. The molecule has 2 heterocycles. The highest BCUT2D eigenvalue weighted by molar-refractivity contribution is 7.21. The summed E-state index contributed by atoms with van der Waals surface area (Å²) in [5, 5.41) is 11.4. The van der Waals surface area contributed by atoms with Gasteiger partial charge in [-0.3, -0.25) is 9.59 Å². The zero-order valence-corrected chi connectivity index (χ0v) is 12.0. The number of nitrogens with two attached hydrogens (primary N) is 2. The van der Waals surface area contributed by atoms with Gasteiger partial charge in [-0.15, -0.1) is 16.4 Å². The number of rotatable bonds is 4. The third kappa shape index (κ3) is 2.55. The first kappa shape index (κ1) is 14.2. The number of fused-ring (bicyclic) bond motifs is 1. The first-order valence-corrected chi connectivity index (χ1v) is 6.81. The van der Waals surface area contributed by atoms with E-state index in [1.165, 1.54) is 11.3 Å². The number of thiophene rings is 1. The number of hydrogen-bond acceptors (Lipinski definition) is 6. The van der Waals surface area contributed by atoms with Crippen LogP contribution < -0.4 is 16.8 Å². The van der Waals surface area contributed by atoms with E-state index in [9.17, 15) is 9.59 Å². The van der Waals surface area contributed by atoms with E-state index in [2.05, 4.69) is 15.5 Å². The molecule has 0 bridgehead atoms. The topological polar surface area (TPSA) is 124 Å². The van der Waals surface area contributed by atoms with E-state index in [1.54, 1.807) is 0 Å². The highest BCUT2D eigenvalue weighted by atomic mass is 32.1. The molecule has 2 amide bonds. The fraction of sp³-hybridized carbons (Fsp3) is 0.333. The predicted octanol–water partition coefficient (Wildman–Crippen LogP) is 0.496. The van der Waals surface area contributed by atoms with Crippen molar-refractivity contribution >= 4 is 39.1 Å². The molecule has 2 aromatic rings. The number of nitrogens with one attached hydrogen (secondary N) is 1. The van der Waals surface area contributed by atoms with Crippen molar-refractivity contribution in [1.82, 2.24) is 15.5 Å². The van der Waals surface area contributed by atoms with Crippen LogP contribution >= 0.6 is 11.3 Å². The molecule has 20 heavy (non-hydrogen) atoms. The standard InChI is InChI=1S/C12H15N5O2S/c1-5-6(2)16-17-12-8(5)9(14)10(20-12)11(19)15-4-3-7(13)18/h3-4,14H2,1-2H3,(H2,13,18)(H,15,19). The van der Waals surface area contributed by atoms with Gasteiger partial charge in [0, 0.05) is 18.4 Å². The van der Waals surface area contributed by atoms with Gasteiger partial charge in [0.15, 0.2) is 0 Å². The molecule has 0 saturated carbocycles. The molecule has 0 aliphatic rings. The average Bonchev–Trinajstić information content (AvgIpc) is 2.71. The minimum absolute atomic E-state index is 0.0917. The number of carbonyl (C=O) groups is 2. The molecule has 106 valence electrons. The number of nitrogen functional groups attached to an aromatic ring is 1. The molecule has 7 nitrogen and oxygen atoms in total. The van der Waals surface area contributed by atoms with Crippen LogP contribution in [-0.2, 0) is 4.79 Å². The summed E-state index contributed by atoms with van der Waals surface area (Å²) in [5.74, 6) is -0.796. The molecule has 0 spiro atoms. The summed E-state index contributed by atoms with van der Waals surface area (Å²) < 4.78 is 0. The summed E-state index contributed by atoms with van der Waals surface area (Å²) in [6.45, 7) is 3.92. The van der Waals surface area contributed by atoms with E-state index in [1.807, 2.05) is 13.8 Å². The van der Waals surface area contributed by atoms with E-state index in [4.69, 9.17) is 11.5 Å². The zero-order chi connectivity index (χ0) is 14.9. The lowest BCUT2D eigenvalue weighted by Crippen LogP contribution is -2.27. The molecule has 0 fully saturated rings. The second kappa shape index (κ2) is 5.41. The number of primary amides is 1. The van der Waals surface area contributed by atoms with Gasteiger partial charge in [0.1, 0.15) is 9.71 Å². The van der Waals surface area contributed by atoms with Crippen molar-refractivity contribution < 1.29 is 9.59 Å². The molecule has 0 atom stereocenters. The molecule has 2 rings (SSSR count). The SMILES string of the molecule is Cc1nnc2sc(C(=O)NCCC(N)=O)c(N)c2c1C. The number of anilines is 1. The number of nitrogens with zero attached hydrogens (tertiary/aromatic N) is 2. The Labute approximate surface area is 119 Å². The van der Waals surface area contributed by atoms with E-state index in [-0.39, 0.29) is 18.9 Å². The molecule has 5 N–H and O–H groups in total. The summed E-state index contributed by atoms with van der Waals surface area (Å²) in [6, 6.07) is 0. The normalized spacial score (nSPS) is 10.7. The Hall–Kier alpha value is -2.22. The Balaban J connectivity index is 2.31. The largest absolute Gasteiger partial charge is 0.397 e. The van der Waals surface area contributed by atoms with Crippen molar-refractivity contribution in [2.45, 2.75) is 20.3 Å². The number of amides is 2. The Morgan fingerprint density at radius 2 is 2.00 bits per heavy atom. The predicted molar refractivity (Wildman–Crippen MR) is 77.4 cm³/mol. The van der Waals surface area contributed by atoms with E-state index in [0.717, 1.165) is 16.6 Å². The van der Waals surface area contributed by atoms with Crippen LogP contribution in [0.5, 0.6) is 0 Å². The quantitative estimate of drug-likeness (QED) is 0.757. The van der Waals surface area contributed by atoms with Crippen molar-refractivity contribution in [1.29, 1.82) is 0 Å². The summed E-state index contributed by atoms with van der Waals surface area (Å²) >= 11 is 1.19. The zero-order valence-electron chi connectivity index (χ0n) is 11.2. The minimum Gasteiger partial charge on any atom is -0.397 e. The molecule has 0 unspecified atom stereocenters. The molecule has 8 heteroatoms. The van der Waals surface area contributed by atoms with Crippen LogP contribution in [0.4, 0.5) is 5.69 Å². The maximum atomic E-state index is 12.0. The molecule has 0 saturated heterocycles. The second-order valence-electron chi connectivity index (χ2n) is 4.41. The highest BCUT2D eigenvalue weighted by Crippen LogP contribution is 2.34. The van der Waals surface area contributed by atoms with Crippen molar-refractivity contribution in [2.75, 3.05) is 12.3 Å². The summed E-state index contributed by atoms with van der Waals surface area (Å²) in [5.41, 5.74) is 13.1. The fourth-order valence-electron chi connectivity index (χ4n) is 1.79. The van der Waals surface area contributed by atoms with Gasteiger partial charge >= 0.3 is 0 Å². The van der Waals surface area contributed by atoms with Gasteiger partial charge in [-0.25, -0.2) is 0 Å². The molecule has 0 radical (unpaired) electrons.